The Labute approximate surface area is 186 Å². The van der Waals surface area contributed by atoms with Crippen LogP contribution >= 0.6 is 11.6 Å². The normalized spacial score (nSPS) is 11.0. The molecule has 0 fully saturated rings. The Kier molecular flexibility index (Phi) is 5.73. The van der Waals surface area contributed by atoms with Crippen molar-refractivity contribution in [2.75, 3.05) is 5.32 Å². The molecule has 0 atom stereocenters. The fourth-order valence-corrected chi connectivity index (χ4v) is 3.38. The smallest absolute Gasteiger partial charge is 0.361 e. The van der Waals surface area contributed by atoms with Crippen molar-refractivity contribution in [3.05, 3.63) is 86.0 Å². The third-order valence-electron chi connectivity index (χ3n) is 4.71. The zero-order valence-electron chi connectivity index (χ0n) is 17.1. The molecule has 32 heavy (non-hydrogen) atoms. The maximum atomic E-state index is 12.8. The molecular weight excluding hydrogens is 438 g/mol. The van der Waals surface area contributed by atoms with Crippen LogP contribution in [0.2, 0.25) is 5.02 Å². The van der Waals surface area contributed by atoms with Crippen molar-refractivity contribution in [2.24, 2.45) is 0 Å². The molecule has 4 aromatic rings. The summed E-state index contributed by atoms with van der Waals surface area (Å²) in [5.74, 6) is -0.285. The van der Waals surface area contributed by atoms with Crippen LogP contribution in [-0.2, 0) is 13.1 Å². The van der Waals surface area contributed by atoms with Gasteiger partial charge in [0.1, 0.15) is 10.8 Å². The summed E-state index contributed by atoms with van der Waals surface area (Å²) >= 11 is 6.26. The predicted molar refractivity (Wildman–Crippen MR) is 115 cm³/mol. The summed E-state index contributed by atoms with van der Waals surface area (Å²) in [6, 6.07) is 9.25. The van der Waals surface area contributed by atoms with E-state index in [1.807, 2.05) is 31.2 Å². The van der Waals surface area contributed by atoms with Gasteiger partial charge in [-0.2, -0.15) is 9.78 Å². The highest BCUT2D eigenvalue weighted by Crippen LogP contribution is 2.23. The van der Waals surface area contributed by atoms with Crippen LogP contribution in [-0.4, -0.2) is 35.5 Å². The van der Waals surface area contributed by atoms with Crippen LogP contribution in [0.15, 0.2) is 47.2 Å². The van der Waals surface area contributed by atoms with Gasteiger partial charge in [-0.3, -0.25) is 9.48 Å². The molecule has 164 valence electrons. The molecule has 4 rings (SSSR count). The summed E-state index contributed by atoms with van der Waals surface area (Å²) in [6.45, 7) is 4.20. The lowest BCUT2D eigenvalue weighted by molar-refractivity contribution is -0.389. The van der Waals surface area contributed by atoms with Crippen molar-refractivity contribution in [3.63, 3.8) is 0 Å². The molecule has 0 aliphatic heterocycles. The summed E-state index contributed by atoms with van der Waals surface area (Å²) in [7, 11) is 0. The molecule has 1 N–H and O–H groups in total. The van der Waals surface area contributed by atoms with Gasteiger partial charge in [-0.1, -0.05) is 46.6 Å². The van der Waals surface area contributed by atoms with Crippen LogP contribution in [0, 0.1) is 24.0 Å². The number of carbonyl (C=O) groups excluding carboxylic acids is 1. The Morgan fingerprint density at radius 2 is 2.03 bits per heavy atom. The molecule has 3 heterocycles. The molecule has 0 spiro atoms. The van der Waals surface area contributed by atoms with E-state index in [0.717, 1.165) is 11.1 Å². The van der Waals surface area contributed by atoms with E-state index >= 15 is 0 Å². The highest BCUT2D eigenvalue weighted by atomic mass is 35.5. The van der Waals surface area contributed by atoms with E-state index in [2.05, 4.69) is 20.7 Å². The minimum absolute atomic E-state index is 0.0185. The second kappa shape index (κ2) is 8.63. The molecule has 0 radical (unpaired) electrons. The minimum Gasteiger partial charge on any atom is -0.361 e. The van der Waals surface area contributed by atoms with Crippen molar-refractivity contribution in [1.82, 2.24) is 24.7 Å². The molecule has 11 nitrogen and oxygen atoms in total. The molecule has 0 unspecified atom stereocenters. The van der Waals surface area contributed by atoms with Gasteiger partial charge in [-0.15, -0.1) is 0 Å². The first-order chi connectivity index (χ1) is 15.3. The number of nitro groups is 1. The van der Waals surface area contributed by atoms with Gasteiger partial charge in [0.25, 0.3) is 5.91 Å². The van der Waals surface area contributed by atoms with Gasteiger partial charge < -0.3 is 20.0 Å². The maximum absolute atomic E-state index is 12.8. The number of anilines is 1. The second-order valence-corrected chi connectivity index (χ2v) is 7.57. The molecule has 0 bridgehead atoms. The maximum Gasteiger partial charge on any atom is 0.389 e. The Morgan fingerprint density at radius 3 is 2.75 bits per heavy atom. The molecule has 0 saturated heterocycles. The van der Waals surface area contributed by atoms with E-state index in [1.165, 1.54) is 16.9 Å². The summed E-state index contributed by atoms with van der Waals surface area (Å²) in [5, 5.41) is 25.8. The topological polar surface area (TPSA) is 134 Å². The van der Waals surface area contributed by atoms with Crippen molar-refractivity contribution < 1.29 is 14.2 Å². The number of halogens is 1. The molecule has 0 aliphatic rings. The largest absolute Gasteiger partial charge is 0.389 e. The monoisotopic (exact) mass is 455 g/mol. The number of nitrogens with one attached hydrogen (secondary N) is 1. The Morgan fingerprint density at radius 1 is 1.22 bits per heavy atom. The minimum atomic E-state index is -0.598. The van der Waals surface area contributed by atoms with Gasteiger partial charge in [0.05, 0.1) is 36.0 Å². The zero-order valence-corrected chi connectivity index (χ0v) is 17.9. The number of hydrogen-bond acceptors (Lipinski definition) is 7. The number of carbonyl (C=O) groups is 1. The summed E-state index contributed by atoms with van der Waals surface area (Å²) in [6.07, 6.45) is 3.06. The number of rotatable bonds is 7. The molecule has 3 aromatic heterocycles. The molecule has 12 heteroatoms. The lowest BCUT2D eigenvalue weighted by atomic mass is 10.1. The van der Waals surface area contributed by atoms with E-state index in [4.69, 9.17) is 16.1 Å². The third-order valence-corrected chi connectivity index (χ3v) is 4.99. The van der Waals surface area contributed by atoms with Crippen LogP contribution in [0.25, 0.3) is 0 Å². The highest BCUT2D eigenvalue weighted by Gasteiger charge is 2.23. The molecule has 1 aromatic carbocycles. The first-order valence-corrected chi connectivity index (χ1v) is 9.91. The first-order valence-electron chi connectivity index (χ1n) is 9.53. The number of aryl methyl sites for hydroxylation is 2. The molecular formula is C20H18ClN7O4. The Balaban J connectivity index is 1.51. The third kappa shape index (κ3) is 4.52. The van der Waals surface area contributed by atoms with Crippen LogP contribution in [0.1, 0.15) is 32.9 Å². The van der Waals surface area contributed by atoms with Gasteiger partial charge in [0.2, 0.25) is 0 Å². The fraction of sp³-hybridized carbons (Fsp3) is 0.200. The molecule has 0 aliphatic carbocycles. The Bertz CT molecular complexity index is 1310. The summed E-state index contributed by atoms with van der Waals surface area (Å²) in [4.78, 5) is 23.1. The van der Waals surface area contributed by atoms with Crippen LogP contribution in [0.4, 0.5) is 11.6 Å². The van der Waals surface area contributed by atoms with Crippen LogP contribution < -0.4 is 5.32 Å². The number of aromatic nitrogens is 5. The second-order valence-electron chi connectivity index (χ2n) is 7.16. The predicted octanol–water partition coefficient (Wildman–Crippen LogP) is 3.59. The lowest BCUT2D eigenvalue weighted by Crippen LogP contribution is -2.17. The van der Waals surface area contributed by atoms with E-state index in [-0.39, 0.29) is 28.9 Å². The molecule has 1 amide bonds. The van der Waals surface area contributed by atoms with E-state index in [1.54, 1.807) is 17.8 Å². The summed E-state index contributed by atoms with van der Waals surface area (Å²) < 4.78 is 8.12. The van der Waals surface area contributed by atoms with Crippen LogP contribution in [0.5, 0.6) is 0 Å². The number of nitrogens with zero attached hydrogens (tertiary/aromatic N) is 6. The number of hydrogen-bond donors (Lipinski definition) is 1. The first kappa shape index (κ1) is 21.2. The van der Waals surface area contributed by atoms with Gasteiger partial charge in [0, 0.05) is 6.20 Å². The summed E-state index contributed by atoms with van der Waals surface area (Å²) in [5.41, 5.74) is 2.64. The van der Waals surface area contributed by atoms with Gasteiger partial charge >= 0.3 is 5.82 Å². The molecule has 0 saturated carbocycles. The average Bonchev–Trinajstić information content (AvgIpc) is 3.43. The van der Waals surface area contributed by atoms with Gasteiger partial charge in [0.15, 0.2) is 11.5 Å². The lowest BCUT2D eigenvalue weighted by Gasteiger charge is -2.04. The Hall–Kier alpha value is -3.99. The van der Waals surface area contributed by atoms with E-state index < -0.39 is 10.8 Å². The highest BCUT2D eigenvalue weighted by molar-refractivity contribution is 6.33. The van der Waals surface area contributed by atoms with Gasteiger partial charge in [-0.05, 0) is 24.3 Å². The van der Waals surface area contributed by atoms with Crippen molar-refractivity contribution in [2.45, 2.75) is 26.9 Å². The number of benzene rings is 1. The zero-order chi connectivity index (χ0) is 22.8. The van der Waals surface area contributed by atoms with Crippen molar-refractivity contribution in [1.29, 1.82) is 0 Å². The van der Waals surface area contributed by atoms with Crippen molar-refractivity contribution >= 4 is 29.1 Å². The fourth-order valence-electron chi connectivity index (χ4n) is 3.18. The number of amides is 1. The van der Waals surface area contributed by atoms with Crippen molar-refractivity contribution in [3.8, 4) is 0 Å². The average molecular weight is 456 g/mol. The van der Waals surface area contributed by atoms with Gasteiger partial charge in [-0.25, -0.2) is 0 Å². The van der Waals surface area contributed by atoms with E-state index in [9.17, 15) is 14.9 Å². The SMILES string of the molecule is Cc1cccc(Cn2cc(Cl)c(NC(=O)c3noc(C)c3Cn3ccc([N+](=O)[O-])n3)n2)c1. The van der Waals surface area contributed by atoms with E-state index in [0.29, 0.717) is 17.9 Å². The quantitative estimate of drug-likeness (QED) is 0.332. The standard InChI is InChI=1S/C20H18ClN7O4/c1-12-4-3-5-14(8-12)9-27-11-16(21)19(24-27)22-20(29)18-15(13(2)32-25-18)10-26-7-6-17(23-26)28(30)31/h3-8,11H,9-10H2,1-2H3,(H,22,24,29). The van der Waals surface area contributed by atoms with Crippen LogP contribution in [0.3, 0.4) is 0 Å².